The Kier molecular flexibility index (Phi) is 4.80. The quantitative estimate of drug-likeness (QED) is 0.926. The predicted molar refractivity (Wildman–Crippen MR) is 91.9 cm³/mol. The SMILES string of the molecule is CC(=O)N1CCC(C(=O)Nc2c(C#N)cnn2-c2ccccc2)CC1. The Balaban J connectivity index is 1.77. The van der Waals surface area contributed by atoms with Crippen LogP contribution in [0.2, 0.25) is 0 Å². The smallest absolute Gasteiger partial charge is 0.228 e. The highest BCUT2D eigenvalue weighted by atomic mass is 16.2. The molecule has 0 spiro atoms. The summed E-state index contributed by atoms with van der Waals surface area (Å²) in [5, 5.41) is 16.4. The van der Waals surface area contributed by atoms with E-state index in [4.69, 9.17) is 0 Å². The van der Waals surface area contributed by atoms with Gasteiger partial charge in [0.25, 0.3) is 0 Å². The molecule has 2 aromatic rings. The van der Waals surface area contributed by atoms with E-state index in [-0.39, 0.29) is 17.7 Å². The van der Waals surface area contributed by atoms with E-state index in [1.165, 1.54) is 13.1 Å². The van der Waals surface area contributed by atoms with Crippen LogP contribution in [-0.4, -0.2) is 39.6 Å². The summed E-state index contributed by atoms with van der Waals surface area (Å²) < 4.78 is 1.56. The second-order valence-corrected chi connectivity index (χ2v) is 6.04. The van der Waals surface area contributed by atoms with Crippen LogP contribution in [-0.2, 0) is 9.59 Å². The van der Waals surface area contributed by atoms with Gasteiger partial charge >= 0.3 is 0 Å². The van der Waals surface area contributed by atoms with Crippen LogP contribution in [0, 0.1) is 17.2 Å². The highest BCUT2D eigenvalue weighted by Crippen LogP contribution is 2.23. The first-order valence-corrected chi connectivity index (χ1v) is 8.20. The number of nitrogens with one attached hydrogen (secondary N) is 1. The molecule has 1 aliphatic heterocycles. The first kappa shape index (κ1) is 16.7. The molecule has 0 aliphatic carbocycles. The summed E-state index contributed by atoms with van der Waals surface area (Å²) in [6, 6.07) is 11.4. The summed E-state index contributed by atoms with van der Waals surface area (Å²) >= 11 is 0. The summed E-state index contributed by atoms with van der Waals surface area (Å²) in [7, 11) is 0. The minimum Gasteiger partial charge on any atom is -0.343 e. The number of amides is 2. The van der Waals surface area contributed by atoms with E-state index in [9.17, 15) is 14.9 Å². The molecule has 0 unspecified atom stereocenters. The summed E-state index contributed by atoms with van der Waals surface area (Å²) in [5.41, 5.74) is 1.09. The number of aromatic nitrogens is 2. The number of piperidine rings is 1. The van der Waals surface area contributed by atoms with E-state index in [1.807, 2.05) is 30.3 Å². The molecule has 2 heterocycles. The topological polar surface area (TPSA) is 91.0 Å². The fraction of sp³-hybridized carbons (Fsp3) is 0.333. The molecule has 1 aromatic heterocycles. The molecule has 0 atom stereocenters. The van der Waals surface area contributed by atoms with Gasteiger partial charge < -0.3 is 10.2 Å². The van der Waals surface area contributed by atoms with Gasteiger partial charge in [0, 0.05) is 25.9 Å². The lowest BCUT2D eigenvalue weighted by Crippen LogP contribution is -2.40. The summed E-state index contributed by atoms with van der Waals surface area (Å²) in [6.45, 7) is 2.70. The molecule has 0 saturated carbocycles. The number of carbonyl (C=O) groups excluding carboxylic acids is 2. The third-order valence-electron chi connectivity index (χ3n) is 4.44. The van der Waals surface area contributed by atoms with Gasteiger partial charge in [-0.25, -0.2) is 4.68 Å². The number of para-hydroxylation sites is 1. The minimum atomic E-state index is -0.179. The van der Waals surface area contributed by atoms with Gasteiger partial charge in [-0.3, -0.25) is 9.59 Å². The number of nitrogens with zero attached hydrogens (tertiary/aromatic N) is 4. The predicted octanol–water partition coefficient (Wildman–Crippen LogP) is 1.94. The number of hydrogen-bond donors (Lipinski definition) is 1. The molecule has 0 radical (unpaired) electrons. The van der Waals surface area contributed by atoms with Crippen LogP contribution in [0.3, 0.4) is 0 Å². The monoisotopic (exact) mass is 337 g/mol. The minimum absolute atomic E-state index is 0.0350. The fourth-order valence-corrected chi connectivity index (χ4v) is 2.99. The molecular formula is C18H19N5O2. The number of benzene rings is 1. The van der Waals surface area contributed by atoms with E-state index >= 15 is 0 Å². The number of hydrogen-bond acceptors (Lipinski definition) is 4. The van der Waals surface area contributed by atoms with Crippen molar-refractivity contribution in [2.45, 2.75) is 19.8 Å². The second-order valence-electron chi connectivity index (χ2n) is 6.04. The van der Waals surface area contributed by atoms with Gasteiger partial charge in [-0.1, -0.05) is 18.2 Å². The van der Waals surface area contributed by atoms with Crippen LogP contribution < -0.4 is 5.32 Å². The Morgan fingerprint density at radius 3 is 2.52 bits per heavy atom. The lowest BCUT2D eigenvalue weighted by atomic mass is 9.96. The highest BCUT2D eigenvalue weighted by molar-refractivity contribution is 5.93. The fourth-order valence-electron chi connectivity index (χ4n) is 2.99. The largest absolute Gasteiger partial charge is 0.343 e. The van der Waals surface area contributed by atoms with Crippen molar-refractivity contribution in [3.8, 4) is 11.8 Å². The Morgan fingerprint density at radius 2 is 1.92 bits per heavy atom. The van der Waals surface area contributed by atoms with Crippen molar-refractivity contribution in [2.75, 3.05) is 18.4 Å². The van der Waals surface area contributed by atoms with E-state index in [2.05, 4.69) is 16.5 Å². The lowest BCUT2D eigenvalue weighted by Gasteiger charge is -2.30. The van der Waals surface area contributed by atoms with Crippen molar-refractivity contribution in [2.24, 2.45) is 5.92 Å². The number of anilines is 1. The molecule has 0 bridgehead atoms. The van der Waals surface area contributed by atoms with Crippen LogP contribution in [0.25, 0.3) is 5.69 Å². The molecule has 1 aromatic carbocycles. The molecule has 2 amide bonds. The van der Waals surface area contributed by atoms with Crippen molar-refractivity contribution in [1.29, 1.82) is 5.26 Å². The summed E-state index contributed by atoms with van der Waals surface area (Å²) in [5.74, 6) is 0.0964. The number of nitriles is 1. The van der Waals surface area contributed by atoms with Crippen molar-refractivity contribution in [1.82, 2.24) is 14.7 Å². The molecule has 1 saturated heterocycles. The number of likely N-dealkylation sites (tertiary alicyclic amines) is 1. The maximum atomic E-state index is 12.6. The maximum Gasteiger partial charge on any atom is 0.228 e. The van der Waals surface area contributed by atoms with Crippen LogP contribution in [0.1, 0.15) is 25.3 Å². The van der Waals surface area contributed by atoms with Crippen molar-refractivity contribution in [3.63, 3.8) is 0 Å². The average molecular weight is 337 g/mol. The van der Waals surface area contributed by atoms with Gasteiger partial charge in [-0.15, -0.1) is 0 Å². The molecule has 3 rings (SSSR count). The highest BCUT2D eigenvalue weighted by Gasteiger charge is 2.27. The Bertz CT molecular complexity index is 814. The maximum absolute atomic E-state index is 12.6. The molecule has 1 fully saturated rings. The van der Waals surface area contributed by atoms with Gasteiger partial charge in [-0.2, -0.15) is 10.4 Å². The molecule has 25 heavy (non-hydrogen) atoms. The zero-order valence-corrected chi connectivity index (χ0v) is 14.0. The Morgan fingerprint density at radius 1 is 1.24 bits per heavy atom. The summed E-state index contributed by atoms with van der Waals surface area (Å²) in [6.07, 6.45) is 2.68. The van der Waals surface area contributed by atoms with E-state index in [0.29, 0.717) is 37.3 Å². The summed E-state index contributed by atoms with van der Waals surface area (Å²) in [4.78, 5) is 25.8. The van der Waals surface area contributed by atoms with Gasteiger partial charge in [0.05, 0.1) is 11.9 Å². The molecule has 7 heteroatoms. The first-order valence-electron chi connectivity index (χ1n) is 8.20. The molecule has 1 aliphatic rings. The van der Waals surface area contributed by atoms with Crippen molar-refractivity contribution < 1.29 is 9.59 Å². The molecule has 7 nitrogen and oxygen atoms in total. The Hall–Kier alpha value is -3.14. The van der Waals surface area contributed by atoms with E-state index in [1.54, 1.807) is 9.58 Å². The first-order chi connectivity index (χ1) is 12.1. The van der Waals surface area contributed by atoms with Crippen LogP contribution in [0.15, 0.2) is 36.5 Å². The van der Waals surface area contributed by atoms with Gasteiger partial charge in [0.15, 0.2) is 5.82 Å². The molecule has 1 N–H and O–H groups in total. The van der Waals surface area contributed by atoms with Crippen molar-refractivity contribution in [3.05, 3.63) is 42.1 Å². The van der Waals surface area contributed by atoms with Crippen molar-refractivity contribution >= 4 is 17.6 Å². The Labute approximate surface area is 145 Å². The lowest BCUT2D eigenvalue weighted by molar-refractivity contribution is -0.132. The second kappa shape index (κ2) is 7.18. The zero-order chi connectivity index (χ0) is 17.8. The zero-order valence-electron chi connectivity index (χ0n) is 14.0. The van der Waals surface area contributed by atoms with Gasteiger partial charge in [-0.05, 0) is 25.0 Å². The normalized spacial score (nSPS) is 14.8. The van der Waals surface area contributed by atoms with E-state index < -0.39 is 0 Å². The van der Waals surface area contributed by atoms with Crippen LogP contribution in [0.5, 0.6) is 0 Å². The average Bonchev–Trinajstić information content (AvgIpc) is 3.05. The van der Waals surface area contributed by atoms with Crippen LogP contribution >= 0.6 is 0 Å². The third-order valence-corrected chi connectivity index (χ3v) is 4.44. The van der Waals surface area contributed by atoms with Crippen LogP contribution in [0.4, 0.5) is 5.82 Å². The molecular weight excluding hydrogens is 318 g/mol. The van der Waals surface area contributed by atoms with Gasteiger partial charge in [0.2, 0.25) is 11.8 Å². The number of carbonyl (C=O) groups is 2. The molecule has 128 valence electrons. The standard InChI is InChI=1S/C18H19N5O2/c1-13(24)22-9-7-14(8-10-22)18(25)21-17-15(11-19)12-20-23(17)16-5-3-2-4-6-16/h2-6,12,14H,7-10H2,1H3,(H,21,25). The van der Waals surface area contributed by atoms with Gasteiger partial charge in [0.1, 0.15) is 11.6 Å². The third kappa shape index (κ3) is 3.53. The van der Waals surface area contributed by atoms with E-state index in [0.717, 1.165) is 5.69 Å². The number of rotatable bonds is 3.